The van der Waals surface area contributed by atoms with E-state index in [1.807, 2.05) is 18.2 Å². The minimum Gasteiger partial charge on any atom is -0.465 e. The highest BCUT2D eigenvalue weighted by atomic mass is 16.3. The molecule has 1 heterocycles. The lowest BCUT2D eigenvalue weighted by atomic mass is 10.2. The van der Waals surface area contributed by atoms with Crippen molar-refractivity contribution >= 4 is 11.9 Å². The highest BCUT2D eigenvalue weighted by Gasteiger charge is 2.16. The molecule has 1 aromatic rings. The lowest BCUT2D eigenvalue weighted by molar-refractivity contribution is -0.114. The van der Waals surface area contributed by atoms with Gasteiger partial charge in [-0.05, 0) is 36.6 Å². The first-order valence-electron chi connectivity index (χ1n) is 4.13. The van der Waals surface area contributed by atoms with Crippen molar-refractivity contribution in [3.8, 4) is 0 Å². The zero-order chi connectivity index (χ0) is 8.39. The largest absolute Gasteiger partial charge is 0.465 e. The SMILES string of the molecule is O=C1CCC/C1=C/c1ccco1. The Morgan fingerprint density at radius 1 is 1.42 bits per heavy atom. The molecular formula is C10H10O2. The van der Waals surface area contributed by atoms with Crippen LogP contribution in [-0.4, -0.2) is 5.78 Å². The molecule has 12 heavy (non-hydrogen) atoms. The summed E-state index contributed by atoms with van der Waals surface area (Å²) in [6, 6.07) is 3.68. The van der Waals surface area contributed by atoms with Gasteiger partial charge in [-0.15, -0.1) is 0 Å². The Balaban J connectivity index is 2.23. The maximum Gasteiger partial charge on any atom is 0.159 e. The predicted octanol–water partition coefficient (Wildman–Crippen LogP) is 2.42. The molecule has 0 aromatic carbocycles. The third-order valence-electron chi connectivity index (χ3n) is 2.07. The summed E-state index contributed by atoms with van der Waals surface area (Å²) in [6.45, 7) is 0. The van der Waals surface area contributed by atoms with Gasteiger partial charge in [-0.1, -0.05) is 0 Å². The van der Waals surface area contributed by atoms with Crippen molar-refractivity contribution in [2.75, 3.05) is 0 Å². The van der Waals surface area contributed by atoms with Crippen LogP contribution in [0.4, 0.5) is 0 Å². The predicted molar refractivity (Wildman–Crippen MR) is 45.5 cm³/mol. The van der Waals surface area contributed by atoms with E-state index < -0.39 is 0 Å². The number of carbonyl (C=O) groups excluding carboxylic acids is 1. The molecule has 0 amide bonds. The summed E-state index contributed by atoms with van der Waals surface area (Å²) in [7, 11) is 0. The van der Waals surface area contributed by atoms with E-state index in [0.29, 0.717) is 6.42 Å². The average molecular weight is 162 g/mol. The standard InChI is InChI=1S/C10H10O2/c11-10-5-1-3-8(10)7-9-4-2-6-12-9/h2,4,6-7H,1,3,5H2/b8-7-. The van der Waals surface area contributed by atoms with Crippen molar-refractivity contribution in [2.24, 2.45) is 0 Å². The van der Waals surface area contributed by atoms with Crippen LogP contribution in [0.1, 0.15) is 25.0 Å². The van der Waals surface area contributed by atoms with Crippen molar-refractivity contribution < 1.29 is 9.21 Å². The molecule has 2 heteroatoms. The molecule has 1 aliphatic rings. The van der Waals surface area contributed by atoms with Gasteiger partial charge in [0.25, 0.3) is 0 Å². The zero-order valence-corrected chi connectivity index (χ0v) is 6.75. The molecule has 2 rings (SSSR count). The third-order valence-corrected chi connectivity index (χ3v) is 2.07. The molecular weight excluding hydrogens is 152 g/mol. The minimum atomic E-state index is 0.270. The van der Waals surface area contributed by atoms with Crippen molar-refractivity contribution in [2.45, 2.75) is 19.3 Å². The number of furan rings is 1. The Bertz CT molecular complexity index is 307. The van der Waals surface area contributed by atoms with E-state index >= 15 is 0 Å². The van der Waals surface area contributed by atoms with E-state index in [1.165, 1.54) is 0 Å². The minimum absolute atomic E-state index is 0.270. The summed E-state index contributed by atoms with van der Waals surface area (Å²) in [5.41, 5.74) is 0.907. The molecule has 62 valence electrons. The summed E-state index contributed by atoms with van der Waals surface area (Å²) in [5.74, 6) is 1.05. The van der Waals surface area contributed by atoms with Gasteiger partial charge in [0, 0.05) is 6.42 Å². The first-order chi connectivity index (χ1) is 5.86. The Hall–Kier alpha value is -1.31. The maximum absolute atomic E-state index is 11.2. The molecule has 0 N–H and O–H groups in total. The van der Waals surface area contributed by atoms with Crippen molar-refractivity contribution in [3.05, 3.63) is 29.7 Å². The van der Waals surface area contributed by atoms with Crippen LogP contribution in [0, 0.1) is 0 Å². The number of ketones is 1. The summed E-state index contributed by atoms with van der Waals surface area (Å²) in [5, 5.41) is 0. The zero-order valence-electron chi connectivity index (χ0n) is 6.75. The molecule has 0 saturated heterocycles. The Morgan fingerprint density at radius 2 is 2.33 bits per heavy atom. The van der Waals surface area contributed by atoms with Crippen molar-refractivity contribution in [3.63, 3.8) is 0 Å². The molecule has 1 saturated carbocycles. The number of Topliss-reactive ketones (excluding diaryl/α,β-unsaturated/α-hetero) is 1. The molecule has 1 fully saturated rings. The second-order valence-corrected chi connectivity index (χ2v) is 2.96. The van der Waals surface area contributed by atoms with Crippen LogP contribution in [0.3, 0.4) is 0 Å². The molecule has 0 atom stereocenters. The van der Waals surface area contributed by atoms with E-state index in [9.17, 15) is 4.79 Å². The second-order valence-electron chi connectivity index (χ2n) is 2.96. The first kappa shape index (κ1) is 7.35. The van der Waals surface area contributed by atoms with Gasteiger partial charge in [0.2, 0.25) is 0 Å². The van der Waals surface area contributed by atoms with Crippen LogP contribution < -0.4 is 0 Å². The van der Waals surface area contributed by atoms with Crippen LogP contribution >= 0.6 is 0 Å². The quantitative estimate of drug-likeness (QED) is 0.593. The van der Waals surface area contributed by atoms with Crippen LogP contribution in [0.25, 0.3) is 6.08 Å². The monoisotopic (exact) mass is 162 g/mol. The fraction of sp³-hybridized carbons (Fsp3) is 0.300. The number of hydrogen-bond acceptors (Lipinski definition) is 2. The molecule has 0 aliphatic heterocycles. The van der Waals surface area contributed by atoms with Crippen LogP contribution in [0.2, 0.25) is 0 Å². The molecule has 0 radical (unpaired) electrons. The van der Waals surface area contributed by atoms with Gasteiger partial charge in [-0.25, -0.2) is 0 Å². The number of carbonyl (C=O) groups is 1. The van der Waals surface area contributed by atoms with Crippen LogP contribution in [0.15, 0.2) is 28.4 Å². The summed E-state index contributed by atoms with van der Waals surface area (Å²) in [6.07, 6.45) is 6.05. The van der Waals surface area contributed by atoms with Crippen molar-refractivity contribution in [1.29, 1.82) is 0 Å². The summed E-state index contributed by atoms with van der Waals surface area (Å²) < 4.78 is 5.12. The Morgan fingerprint density at radius 3 is 2.92 bits per heavy atom. The first-order valence-corrected chi connectivity index (χ1v) is 4.13. The van der Waals surface area contributed by atoms with Gasteiger partial charge >= 0.3 is 0 Å². The topological polar surface area (TPSA) is 30.2 Å². The molecule has 0 unspecified atom stereocenters. The van der Waals surface area contributed by atoms with E-state index in [4.69, 9.17) is 4.42 Å². The van der Waals surface area contributed by atoms with Gasteiger partial charge in [0.05, 0.1) is 6.26 Å². The van der Waals surface area contributed by atoms with E-state index in [2.05, 4.69) is 0 Å². The van der Waals surface area contributed by atoms with Gasteiger partial charge in [0.1, 0.15) is 5.76 Å². The van der Waals surface area contributed by atoms with Crippen molar-refractivity contribution in [1.82, 2.24) is 0 Å². The van der Waals surface area contributed by atoms with E-state index in [-0.39, 0.29) is 5.78 Å². The highest BCUT2D eigenvalue weighted by molar-refractivity contribution is 6.01. The number of rotatable bonds is 1. The molecule has 0 bridgehead atoms. The second kappa shape index (κ2) is 2.97. The Labute approximate surface area is 70.9 Å². The van der Waals surface area contributed by atoms with E-state index in [1.54, 1.807) is 6.26 Å². The maximum atomic E-state index is 11.2. The lowest BCUT2D eigenvalue weighted by Gasteiger charge is -1.90. The average Bonchev–Trinajstić information content (AvgIpc) is 2.65. The van der Waals surface area contributed by atoms with Gasteiger partial charge in [-0.3, -0.25) is 4.79 Å². The van der Waals surface area contributed by atoms with E-state index in [0.717, 1.165) is 24.2 Å². The lowest BCUT2D eigenvalue weighted by Crippen LogP contribution is -1.89. The normalized spacial score (nSPS) is 20.7. The van der Waals surface area contributed by atoms with Gasteiger partial charge < -0.3 is 4.42 Å². The highest BCUT2D eigenvalue weighted by Crippen LogP contribution is 2.22. The van der Waals surface area contributed by atoms with Crippen LogP contribution in [0.5, 0.6) is 0 Å². The fourth-order valence-electron chi connectivity index (χ4n) is 1.44. The summed E-state index contributed by atoms with van der Waals surface area (Å²) >= 11 is 0. The molecule has 2 nitrogen and oxygen atoms in total. The van der Waals surface area contributed by atoms with Crippen LogP contribution in [-0.2, 0) is 4.79 Å². The Kier molecular flexibility index (Phi) is 1.82. The smallest absolute Gasteiger partial charge is 0.159 e. The number of allylic oxidation sites excluding steroid dienone is 1. The molecule has 0 spiro atoms. The summed E-state index contributed by atoms with van der Waals surface area (Å²) in [4.78, 5) is 11.2. The molecule has 1 aromatic heterocycles. The number of hydrogen-bond donors (Lipinski definition) is 0. The third kappa shape index (κ3) is 1.33. The molecule has 1 aliphatic carbocycles. The fourth-order valence-corrected chi connectivity index (χ4v) is 1.44. The van der Waals surface area contributed by atoms with Gasteiger partial charge in [0.15, 0.2) is 5.78 Å². The van der Waals surface area contributed by atoms with Gasteiger partial charge in [-0.2, -0.15) is 0 Å².